The Morgan fingerprint density at radius 3 is 1.37 bits per heavy atom. The van der Waals surface area contributed by atoms with E-state index in [0.717, 1.165) is 44.5 Å². The Labute approximate surface area is 266 Å². The second-order valence-electron chi connectivity index (χ2n) is 11.1. The summed E-state index contributed by atoms with van der Waals surface area (Å²) < 4.78 is 98.0. The summed E-state index contributed by atoms with van der Waals surface area (Å²) in [4.78, 5) is 0. The maximum absolute atomic E-state index is 9.73. The minimum absolute atomic E-state index is 0.0680. The fourth-order valence-electron chi connectivity index (χ4n) is 7.56. The third-order valence-corrected chi connectivity index (χ3v) is 9.22. The highest BCUT2D eigenvalue weighted by Crippen LogP contribution is 2.62. The second-order valence-corrected chi connectivity index (χ2v) is 11.1. The predicted octanol–water partition coefficient (Wildman–Crippen LogP) is 11.2. The van der Waals surface area contributed by atoms with Gasteiger partial charge in [0.05, 0.1) is 20.5 Å². The van der Waals surface area contributed by atoms with E-state index >= 15 is 0 Å². The van der Waals surface area contributed by atoms with Gasteiger partial charge in [0, 0.05) is 0 Å². The first-order valence-corrected chi connectivity index (χ1v) is 14.2. The zero-order valence-electron chi connectivity index (χ0n) is 33.7. The number of benzene rings is 8. The minimum atomic E-state index is -0.614. The van der Waals surface area contributed by atoms with Crippen molar-refractivity contribution < 1.29 is 15.1 Å². The van der Waals surface area contributed by atoms with Crippen molar-refractivity contribution in [2.75, 3.05) is 0 Å². The van der Waals surface area contributed by atoms with Crippen LogP contribution in [0, 0.1) is 0 Å². The van der Waals surface area contributed by atoms with Crippen LogP contribution in [-0.2, 0) is 5.41 Å². The number of hydrogen-bond donors (Lipinski definition) is 0. The van der Waals surface area contributed by atoms with Gasteiger partial charge in [-0.15, -0.1) is 0 Å². The van der Waals surface area contributed by atoms with Crippen LogP contribution in [0.25, 0.3) is 65.7 Å². The molecule has 0 saturated heterocycles. The number of fused-ring (bicyclic) bond motifs is 16. The molecule has 0 nitrogen and oxygen atoms in total. The molecule has 8 aromatic carbocycles. The third kappa shape index (κ3) is 2.86. The molecular weight excluding hydrogens is 516 g/mol. The third-order valence-electron chi connectivity index (χ3n) is 9.22. The van der Waals surface area contributed by atoms with Gasteiger partial charge in [0.25, 0.3) is 0 Å². The fraction of sp³-hybridized carbons (Fsp3) is 0.0233. The van der Waals surface area contributed by atoms with Gasteiger partial charge in [-0.1, -0.05) is 145 Å². The van der Waals surface area contributed by atoms with Gasteiger partial charge in [-0.2, -0.15) is 0 Å². The van der Waals surface area contributed by atoms with Crippen molar-refractivity contribution in [3.8, 4) is 33.4 Å². The normalized spacial score (nSPS) is 17.3. The highest BCUT2D eigenvalue weighted by Gasteiger charge is 2.51. The molecule has 2 aliphatic carbocycles. The molecule has 0 radical (unpaired) electrons. The van der Waals surface area contributed by atoms with E-state index in [1.807, 2.05) is 54.6 Å². The molecule has 0 aliphatic heterocycles. The Bertz CT molecular complexity index is 2980. The molecule has 0 bridgehead atoms. The Hall–Kier alpha value is -5.46. The van der Waals surface area contributed by atoms with Gasteiger partial charge in [-0.3, -0.25) is 0 Å². The van der Waals surface area contributed by atoms with Gasteiger partial charge >= 0.3 is 0 Å². The lowest BCUT2D eigenvalue weighted by Crippen LogP contribution is -2.25. The first-order valence-electron chi connectivity index (χ1n) is 19.7. The van der Waals surface area contributed by atoms with Crippen LogP contribution in [0.5, 0.6) is 0 Å². The molecule has 198 valence electrons. The average Bonchev–Trinajstić information content (AvgIpc) is 3.66. The van der Waals surface area contributed by atoms with Crippen molar-refractivity contribution in [3.63, 3.8) is 0 Å². The van der Waals surface area contributed by atoms with Crippen LogP contribution < -0.4 is 0 Å². The smallest absolute Gasteiger partial charge is 0.0619 e. The quantitative estimate of drug-likeness (QED) is 0.177. The standard InChI is InChI=1S/C43H26/c1-2-13-31-29(11-1)30-12-3-4-14-32(30)37-25-27(21-23-33(31)37)28-22-24-42-38(26-28)36-17-7-10-20-41(36)43(42)39-18-8-5-15-34(39)35-16-6-9-19-40(35)43/h1-26H/i1D,2D,3D,4D,11D,12D,13D,14D,21D,23D,25D. The van der Waals surface area contributed by atoms with E-state index in [1.165, 1.54) is 0 Å². The monoisotopic (exact) mass is 553 g/mol. The van der Waals surface area contributed by atoms with Crippen LogP contribution in [0.15, 0.2) is 157 Å². The lowest BCUT2D eigenvalue weighted by Gasteiger charge is -2.30. The first kappa shape index (κ1) is 15.1. The van der Waals surface area contributed by atoms with Gasteiger partial charge in [0.15, 0.2) is 0 Å². The van der Waals surface area contributed by atoms with Crippen molar-refractivity contribution in [1.29, 1.82) is 0 Å². The van der Waals surface area contributed by atoms with E-state index < -0.39 is 59.8 Å². The molecule has 10 rings (SSSR count). The molecule has 43 heavy (non-hydrogen) atoms. The fourth-order valence-corrected chi connectivity index (χ4v) is 7.56. The molecule has 0 unspecified atom stereocenters. The van der Waals surface area contributed by atoms with E-state index in [-0.39, 0.29) is 50.0 Å². The van der Waals surface area contributed by atoms with Crippen molar-refractivity contribution >= 4 is 32.3 Å². The molecule has 0 fully saturated rings. The summed E-state index contributed by atoms with van der Waals surface area (Å²) in [5, 5.41) is -0.810. The second kappa shape index (κ2) is 8.31. The van der Waals surface area contributed by atoms with E-state index in [9.17, 15) is 4.11 Å². The van der Waals surface area contributed by atoms with E-state index in [1.54, 1.807) is 0 Å². The maximum Gasteiger partial charge on any atom is 0.0725 e. The zero-order valence-corrected chi connectivity index (χ0v) is 22.7. The summed E-state index contributed by atoms with van der Waals surface area (Å²) in [6.45, 7) is 0. The summed E-state index contributed by atoms with van der Waals surface area (Å²) in [7, 11) is 0. The molecule has 0 atom stereocenters. The van der Waals surface area contributed by atoms with E-state index in [0.29, 0.717) is 5.56 Å². The summed E-state index contributed by atoms with van der Waals surface area (Å²) in [6.07, 6.45) is 0. The van der Waals surface area contributed by atoms with Crippen LogP contribution in [-0.4, -0.2) is 0 Å². The Morgan fingerprint density at radius 1 is 0.372 bits per heavy atom. The van der Waals surface area contributed by atoms with Gasteiger partial charge < -0.3 is 0 Å². The Morgan fingerprint density at radius 2 is 0.814 bits per heavy atom. The molecule has 0 heterocycles. The van der Waals surface area contributed by atoms with Crippen molar-refractivity contribution in [3.05, 3.63) is 180 Å². The molecular formula is C43H26. The van der Waals surface area contributed by atoms with Crippen LogP contribution in [0.1, 0.15) is 37.3 Å². The van der Waals surface area contributed by atoms with Crippen molar-refractivity contribution in [2.24, 2.45) is 0 Å². The van der Waals surface area contributed by atoms with Crippen LogP contribution in [0.3, 0.4) is 0 Å². The average molecular weight is 554 g/mol. The molecule has 1 spiro atoms. The molecule has 8 aromatic rings. The van der Waals surface area contributed by atoms with Crippen molar-refractivity contribution in [1.82, 2.24) is 0 Å². The number of hydrogen-bond acceptors (Lipinski definition) is 0. The zero-order chi connectivity index (χ0) is 37.7. The lowest BCUT2D eigenvalue weighted by atomic mass is 9.70. The largest absolute Gasteiger partial charge is 0.0725 e. The van der Waals surface area contributed by atoms with Crippen LogP contribution in [0.2, 0.25) is 0 Å². The SMILES string of the molecule is [2H]c1c([2H])c([2H])c2c(c1[2H])c1c([2H])c([2H])c([2H])c([2H])c1c1c([2H])c(-c3ccc4c(c3)-c3ccccc3C43c4ccccc4-c4ccccc43)c([2H])c([2H])c21. The lowest BCUT2D eigenvalue weighted by molar-refractivity contribution is 0.794. The molecule has 0 amide bonds. The summed E-state index contributed by atoms with van der Waals surface area (Å²) >= 11 is 0. The Balaban J connectivity index is 1.35. The first-order chi connectivity index (χ1) is 25.9. The van der Waals surface area contributed by atoms with E-state index in [4.69, 9.17) is 11.0 Å². The van der Waals surface area contributed by atoms with Gasteiger partial charge in [0.1, 0.15) is 0 Å². The van der Waals surface area contributed by atoms with Crippen LogP contribution >= 0.6 is 0 Å². The summed E-state index contributed by atoms with van der Waals surface area (Å²) in [6, 6.07) is 25.4. The molecule has 2 aliphatic rings. The molecule has 0 heteroatoms. The summed E-state index contributed by atoms with van der Waals surface area (Å²) in [5.41, 5.74) is 8.58. The maximum atomic E-state index is 9.73. The predicted molar refractivity (Wildman–Crippen MR) is 181 cm³/mol. The van der Waals surface area contributed by atoms with Gasteiger partial charge in [0.2, 0.25) is 0 Å². The Kier molecular flexibility index (Phi) is 2.92. The summed E-state index contributed by atoms with van der Waals surface area (Å²) in [5.74, 6) is 0. The van der Waals surface area contributed by atoms with E-state index in [2.05, 4.69) is 36.4 Å². The van der Waals surface area contributed by atoms with Gasteiger partial charge in [-0.25, -0.2) is 0 Å². The highest BCUT2D eigenvalue weighted by atomic mass is 14.5. The topological polar surface area (TPSA) is 0 Å². The molecule has 0 aromatic heterocycles. The highest BCUT2D eigenvalue weighted by molar-refractivity contribution is 6.25. The van der Waals surface area contributed by atoms with Crippen molar-refractivity contribution in [2.45, 2.75) is 5.41 Å². The molecule has 0 saturated carbocycles. The number of rotatable bonds is 1. The van der Waals surface area contributed by atoms with Gasteiger partial charge in [-0.05, 0) is 100 Å². The molecule has 0 N–H and O–H groups in total. The minimum Gasteiger partial charge on any atom is -0.0619 e. The van der Waals surface area contributed by atoms with Crippen LogP contribution in [0.4, 0.5) is 0 Å².